The second-order valence-corrected chi connectivity index (χ2v) is 5.37. The van der Waals surface area contributed by atoms with Crippen LogP contribution in [0.5, 0.6) is 5.75 Å². The molecule has 2 aromatic carbocycles. The van der Waals surface area contributed by atoms with Gasteiger partial charge in [0.25, 0.3) is 5.91 Å². The van der Waals surface area contributed by atoms with Crippen LogP contribution in [0.15, 0.2) is 53.6 Å². The Morgan fingerprint density at radius 3 is 3.00 bits per heavy atom. The molecule has 0 radical (unpaired) electrons. The number of amides is 1. The number of allylic oxidation sites excluding steroid dienone is 1. The average Bonchev–Trinajstić information content (AvgIpc) is 2.59. The summed E-state index contributed by atoms with van der Waals surface area (Å²) in [4.78, 5) is 11.4. The third-order valence-corrected chi connectivity index (χ3v) is 3.60. The van der Waals surface area contributed by atoms with Crippen molar-refractivity contribution in [3.63, 3.8) is 0 Å². The van der Waals surface area contributed by atoms with Crippen LogP contribution in [0.1, 0.15) is 11.1 Å². The molecule has 0 aromatic heterocycles. The molecule has 0 unspecified atom stereocenters. The molecular formula is C18H18N4O2. The average molecular weight is 322 g/mol. The first-order valence-electron chi connectivity index (χ1n) is 7.51. The smallest absolute Gasteiger partial charge is 0.262 e. The van der Waals surface area contributed by atoms with Crippen molar-refractivity contribution >= 4 is 29.2 Å². The molecule has 0 bridgehead atoms. The van der Waals surface area contributed by atoms with Crippen molar-refractivity contribution in [1.82, 2.24) is 0 Å². The van der Waals surface area contributed by atoms with E-state index in [9.17, 15) is 4.79 Å². The third-order valence-electron chi connectivity index (χ3n) is 3.60. The lowest BCUT2D eigenvalue weighted by Gasteiger charge is -2.18. The third kappa shape index (κ3) is 3.55. The molecule has 2 aromatic rings. The van der Waals surface area contributed by atoms with E-state index < -0.39 is 0 Å². The predicted molar refractivity (Wildman–Crippen MR) is 96.0 cm³/mol. The van der Waals surface area contributed by atoms with Crippen molar-refractivity contribution in [2.75, 3.05) is 17.3 Å². The van der Waals surface area contributed by atoms with E-state index in [1.54, 1.807) is 24.4 Å². The number of nitrogens with two attached hydrogens (primary N) is 1. The molecule has 0 atom stereocenters. The topological polar surface area (TPSA) is 88.7 Å². The molecular weight excluding hydrogens is 304 g/mol. The van der Waals surface area contributed by atoms with Gasteiger partial charge in [0.15, 0.2) is 6.61 Å². The molecule has 0 fully saturated rings. The SMILES string of the molecule is Cc1ccccc1NN=CC=C(N)c1ccc2c(c1)NC(=O)CO2. The number of nitrogens with one attached hydrogen (secondary N) is 2. The maximum atomic E-state index is 11.4. The molecule has 122 valence electrons. The minimum absolute atomic E-state index is 0.0366. The minimum Gasteiger partial charge on any atom is -0.482 e. The van der Waals surface area contributed by atoms with Gasteiger partial charge in [-0.2, -0.15) is 5.10 Å². The van der Waals surface area contributed by atoms with Crippen LogP contribution in [0.4, 0.5) is 11.4 Å². The first-order chi connectivity index (χ1) is 11.6. The van der Waals surface area contributed by atoms with E-state index in [1.807, 2.05) is 37.3 Å². The number of ether oxygens (including phenoxy) is 1. The Balaban J connectivity index is 1.70. The Kier molecular flexibility index (Phi) is 4.47. The van der Waals surface area contributed by atoms with Gasteiger partial charge < -0.3 is 15.8 Å². The Morgan fingerprint density at radius 2 is 2.17 bits per heavy atom. The molecule has 24 heavy (non-hydrogen) atoms. The standard InChI is InChI=1S/C18H18N4O2/c1-12-4-2-3-5-15(12)22-20-9-8-14(19)13-6-7-17-16(10-13)21-18(23)11-24-17/h2-10,22H,11,19H2,1H3,(H,21,23). The summed E-state index contributed by atoms with van der Waals surface area (Å²) in [5, 5.41) is 6.90. The quantitative estimate of drug-likeness (QED) is 0.596. The van der Waals surface area contributed by atoms with E-state index in [0.717, 1.165) is 16.8 Å². The fraction of sp³-hybridized carbons (Fsp3) is 0.111. The Bertz CT molecular complexity index is 828. The lowest BCUT2D eigenvalue weighted by molar-refractivity contribution is -0.118. The maximum Gasteiger partial charge on any atom is 0.262 e. The summed E-state index contributed by atoms with van der Waals surface area (Å²) in [5.41, 5.74) is 13.0. The number of anilines is 2. The van der Waals surface area contributed by atoms with Gasteiger partial charge in [-0.05, 0) is 48.4 Å². The van der Waals surface area contributed by atoms with E-state index >= 15 is 0 Å². The van der Waals surface area contributed by atoms with Crippen molar-refractivity contribution in [1.29, 1.82) is 0 Å². The molecule has 6 nitrogen and oxygen atoms in total. The lowest BCUT2D eigenvalue weighted by atomic mass is 10.1. The summed E-state index contributed by atoms with van der Waals surface area (Å²) < 4.78 is 5.32. The van der Waals surface area contributed by atoms with Gasteiger partial charge in [0.05, 0.1) is 11.4 Å². The van der Waals surface area contributed by atoms with Gasteiger partial charge in [-0.25, -0.2) is 0 Å². The summed E-state index contributed by atoms with van der Waals surface area (Å²) in [7, 11) is 0. The van der Waals surface area contributed by atoms with Gasteiger partial charge in [0.1, 0.15) is 5.75 Å². The molecule has 0 aliphatic carbocycles. The van der Waals surface area contributed by atoms with Gasteiger partial charge in [0, 0.05) is 11.9 Å². The van der Waals surface area contributed by atoms with Gasteiger partial charge in [0.2, 0.25) is 0 Å². The van der Waals surface area contributed by atoms with Gasteiger partial charge in [-0.3, -0.25) is 10.2 Å². The van der Waals surface area contributed by atoms with Crippen LogP contribution >= 0.6 is 0 Å². The van der Waals surface area contributed by atoms with Gasteiger partial charge >= 0.3 is 0 Å². The first-order valence-corrected chi connectivity index (χ1v) is 7.51. The monoisotopic (exact) mass is 322 g/mol. The number of benzene rings is 2. The summed E-state index contributed by atoms with van der Waals surface area (Å²) >= 11 is 0. The lowest BCUT2D eigenvalue weighted by Crippen LogP contribution is -2.25. The van der Waals surface area contributed by atoms with Crippen LogP contribution in [0.25, 0.3) is 5.70 Å². The highest BCUT2D eigenvalue weighted by molar-refractivity contribution is 5.96. The molecule has 0 spiro atoms. The number of rotatable bonds is 4. The Morgan fingerprint density at radius 1 is 1.33 bits per heavy atom. The van der Waals surface area contributed by atoms with Gasteiger partial charge in [-0.15, -0.1) is 0 Å². The zero-order valence-corrected chi connectivity index (χ0v) is 13.2. The van der Waals surface area contributed by atoms with Crippen LogP contribution in [0, 0.1) is 6.92 Å². The Hall–Kier alpha value is -3.28. The molecule has 1 aliphatic rings. The number of hydrogen-bond donors (Lipinski definition) is 3. The second-order valence-electron chi connectivity index (χ2n) is 5.37. The molecule has 1 aliphatic heterocycles. The van der Waals surface area contributed by atoms with Gasteiger partial charge in [-0.1, -0.05) is 18.2 Å². The van der Waals surface area contributed by atoms with Crippen LogP contribution in [-0.2, 0) is 4.79 Å². The van der Waals surface area contributed by atoms with E-state index in [2.05, 4.69) is 15.8 Å². The van der Waals surface area contributed by atoms with E-state index in [1.165, 1.54) is 0 Å². The summed E-state index contributed by atoms with van der Waals surface area (Å²) in [6.45, 7) is 2.04. The molecule has 1 amide bonds. The van der Waals surface area contributed by atoms with Crippen molar-refractivity contribution in [3.8, 4) is 5.75 Å². The molecule has 1 heterocycles. The number of para-hydroxylation sites is 1. The molecule has 3 rings (SSSR count). The largest absolute Gasteiger partial charge is 0.482 e. The summed E-state index contributed by atoms with van der Waals surface area (Å²) in [6.07, 6.45) is 3.29. The zero-order valence-electron chi connectivity index (χ0n) is 13.2. The number of aryl methyl sites for hydroxylation is 1. The zero-order chi connectivity index (χ0) is 16.9. The summed E-state index contributed by atoms with van der Waals surface area (Å²) in [5.74, 6) is 0.465. The van der Waals surface area contributed by atoms with Crippen LogP contribution in [-0.4, -0.2) is 18.7 Å². The molecule has 0 saturated heterocycles. The van der Waals surface area contributed by atoms with Crippen molar-refractivity contribution in [3.05, 3.63) is 59.7 Å². The highest BCUT2D eigenvalue weighted by Crippen LogP contribution is 2.29. The molecule has 0 saturated carbocycles. The summed E-state index contributed by atoms with van der Waals surface area (Å²) in [6, 6.07) is 13.3. The van der Waals surface area contributed by atoms with E-state index in [0.29, 0.717) is 17.1 Å². The normalized spacial score (nSPS) is 14.0. The highest BCUT2D eigenvalue weighted by Gasteiger charge is 2.16. The van der Waals surface area contributed by atoms with Crippen LogP contribution in [0.3, 0.4) is 0 Å². The van der Waals surface area contributed by atoms with Crippen molar-refractivity contribution in [2.24, 2.45) is 10.8 Å². The fourth-order valence-electron chi connectivity index (χ4n) is 2.28. The van der Waals surface area contributed by atoms with E-state index in [4.69, 9.17) is 10.5 Å². The van der Waals surface area contributed by atoms with Crippen LogP contribution < -0.4 is 21.2 Å². The number of hydrazone groups is 1. The minimum atomic E-state index is -0.175. The second kappa shape index (κ2) is 6.87. The van der Waals surface area contributed by atoms with E-state index in [-0.39, 0.29) is 12.5 Å². The molecule has 4 N–H and O–H groups in total. The van der Waals surface area contributed by atoms with Crippen molar-refractivity contribution < 1.29 is 9.53 Å². The maximum absolute atomic E-state index is 11.4. The number of fused-ring (bicyclic) bond motifs is 1. The predicted octanol–water partition coefficient (Wildman–Crippen LogP) is 2.72. The number of carbonyl (C=O) groups is 1. The Labute approximate surface area is 140 Å². The first kappa shape index (κ1) is 15.6. The fourth-order valence-corrected chi connectivity index (χ4v) is 2.28. The number of nitrogens with zero attached hydrogens (tertiary/aromatic N) is 1. The van der Waals surface area contributed by atoms with Crippen molar-refractivity contribution in [2.45, 2.75) is 6.92 Å². The number of hydrogen-bond acceptors (Lipinski definition) is 5. The number of carbonyl (C=O) groups excluding carboxylic acids is 1. The van der Waals surface area contributed by atoms with Crippen LogP contribution in [0.2, 0.25) is 0 Å². The highest BCUT2D eigenvalue weighted by atomic mass is 16.5. The molecule has 6 heteroatoms.